The topological polar surface area (TPSA) is 97.6 Å². The zero-order chi connectivity index (χ0) is 21.8. The van der Waals surface area contributed by atoms with Crippen molar-refractivity contribution < 1.29 is 14.3 Å². The van der Waals surface area contributed by atoms with E-state index >= 15 is 0 Å². The monoisotopic (exact) mass is 459 g/mol. The lowest BCUT2D eigenvalue weighted by atomic mass is 9.44. The number of rotatable bonds is 6. The van der Waals surface area contributed by atoms with E-state index < -0.39 is 0 Å². The molecular weight excluding hydrogens is 441 g/mol. The predicted octanol–water partition coefficient (Wildman–Crippen LogP) is 2.94. The highest BCUT2D eigenvalue weighted by molar-refractivity contribution is 6.42. The first kappa shape index (κ1) is 20.1. The van der Waals surface area contributed by atoms with E-state index in [4.69, 9.17) is 27.9 Å². The third-order valence-electron chi connectivity index (χ3n) is 5.80. The zero-order valence-corrected chi connectivity index (χ0v) is 18.1. The van der Waals surface area contributed by atoms with Crippen LogP contribution < -0.4 is 15.4 Å². The van der Waals surface area contributed by atoms with E-state index in [1.807, 2.05) is 13.0 Å². The van der Waals surface area contributed by atoms with Crippen LogP contribution in [0.25, 0.3) is 5.52 Å². The van der Waals surface area contributed by atoms with Gasteiger partial charge in [-0.2, -0.15) is 5.10 Å². The molecule has 2 N–H and O–H groups in total. The number of fused-ring (bicyclic) bond motifs is 1. The molecule has 2 bridgehead atoms. The fourth-order valence-corrected chi connectivity index (χ4v) is 4.91. The summed E-state index contributed by atoms with van der Waals surface area (Å²) in [6, 6.07) is 6.67. The molecule has 10 heteroatoms. The van der Waals surface area contributed by atoms with Crippen LogP contribution in [0.5, 0.6) is 5.75 Å². The van der Waals surface area contributed by atoms with Gasteiger partial charge in [0.15, 0.2) is 12.3 Å². The Balaban J connectivity index is 1.14. The molecule has 3 aromatic rings. The van der Waals surface area contributed by atoms with Crippen molar-refractivity contribution in [1.82, 2.24) is 25.2 Å². The van der Waals surface area contributed by atoms with Gasteiger partial charge < -0.3 is 15.4 Å². The molecule has 31 heavy (non-hydrogen) atoms. The molecule has 2 aromatic heterocycles. The second-order valence-electron chi connectivity index (χ2n) is 8.35. The van der Waals surface area contributed by atoms with Gasteiger partial charge in [-0.05, 0) is 44.4 Å². The summed E-state index contributed by atoms with van der Waals surface area (Å²) < 4.78 is 7.13. The fourth-order valence-electron chi connectivity index (χ4n) is 4.62. The number of hydrogen-bond donors (Lipinski definition) is 2. The first-order valence-electron chi connectivity index (χ1n) is 9.79. The molecule has 0 saturated heterocycles. The summed E-state index contributed by atoms with van der Waals surface area (Å²) in [5.74, 6) is 0.0302. The molecule has 3 aliphatic carbocycles. The Bertz CT molecular complexity index is 1210. The average Bonchev–Trinajstić information content (AvgIpc) is 3.06. The Hall–Kier alpha value is -2.84. The number of benzene rings is 1. The van der Waals surface area contributed by atoms with E-state index in [1.54, 1.807) is 35.1 Å². The maximum Gasteiger partial charge on any atom is 0.272 e. The molecule has 8 nitrogen and oxygen atoms in total. The van der Waals surface area contributed by atoms with Crippen LogP contribution in [0.4, 0.5) is 0 Å². The maximum atomic E-state index is 12.8. The van der Waals surface area contributed by atoms with E-state index in [9.17, 15) is 9.59 Å². The quantitative estimate of drug-likeness (QED) is 0.590. The number of carbonyl (C=O) groups excluding carboxylic acids is 2. The van der Waals surface area contributed by atoms with Gasteiger partial charge in [0.25, 0.3) is 11.8 Å². The Morgan fingerprint density at radius 3 is 2.61 bits per heavy atom. The van der Waals surface area contributed by atoms with Gasteiger partial charge in [-0.25, -0.2) is 9.50 Å². The highest BCUT2D eigenvalue weighted by Gasteiger charge is 2.69. The van der Waals surface area contributed by atoms with Gasteiger partial charge >= 0.3 is 0 Å². The lowest BCUT2D eigenvalue weighted by molar-refractivity contribution is -0.141. The molecular formula is C21H19Cl2N5O3. The predicted molar refractivity (Wildman–Crippen MR) is 115 cm³/mol. The van der Waals surface area contributed by atoms with Gasteiger partial charge in [-0.15, -0.1) is 0 Å². The van der Waals surface area contributed by atoms with Crippen molar-refractivity contribution in [3.8, 4) is 5.75 Å². The normalized spacial score (nSPS) is 23.6. The lowest BCUT2D eigenvalue weighted by Gasteiger charge is -2.70. The molecule has 1 aromatic carbocycles. The Morgan fingerprint density at radius 1 is 1.13 bits per heavy atom. The molecule has 0 radical (unpaired) electrons. The summed E-state index contributed by atoms with van der Waals surface area (Å²) in [5.41, 5.74) is 1.26. The molecule has 0 atom stereocenters. The van der Waals surface area contributed by atoms with Crippen molar-refractivity contribution in [2.24, 2.45) is 0 Å². The van der Waals surface area contributed by atoms with Crippen molar-refractivity contribution in [2.75, 3.05) is 6.61 Å². The fraction of sp³-hybridized carbons (Fsp3) is 0.333. The average molecular weight is 460 g/mol. The molecule has 3 aliphatic rings. The van der Waals surface area contributed by atoms with Gasteiger partial charge in [0.05, 0.1) is 21.3 Å². The minimum Gasteiger partial charge on any atom is -0.484 e. The van der Waals surface area contributed by atoms with Crippen LogP contribution in [0, 0.1) is 6.92 Å². The van der Waals surface area contributed by atoms with Crippen molar-refractivity contribution in [3.63, 3.8) is 0 Å². The van der Waals surface area contributed by atoms with E-state index in [0.717, 1.165) is 5.69 Å². The molecule has 3 saturated carbocycles. The van der Waals surface area contributed by atoms with Gasteiger partial charge in [-0.3, -0.25) is 9.59 Å². The standard InChI is InChI=1S/C21H19Cl2N5O3/c1-12-6-16-18(24-4-5-28(16)27-12)19(30)26-21-9-20(10-21,11-21)25-17(29)8-31-13-2-3-14(22)15(23)7-13/h2-7H,8-11H2,1H3,(H,25,29)(H,26,30). The summed E-state index contributed by atoms with van der Waals surface area (Å²) in [5, 5.41) is 11.2. The molecule has 6 rings (SSSR count). The Labute approximate surface area is 187 Å². The summed E-state index contributed by atoms with van der Waals surface area (Å²) in [7, 11) is 0. The van der Waals surface area contributed by atoms with Crippen LogP contribution >= 0.6 is 23.2 Å². The van der Waals surface area contributed by atoms with E-state index in [-0.39, 0.29) is 29.5 Å². The first-order valence-corrected chi connectivity index (χ1v) is 10.5. The summed E-state index contributed by atoms with van der Waals surface area (Å²) in [6.07, 6.45) is 5.33. The molecule has 0 unspecified atom stereocenters. The van der Waals surface area contributed by atoms with Crippen LogP contribution in [-0.4, -0.2) is 44.1 Å². The zero-order valence-electron chi connectivity index (χ0n) is 16.6. The smallest absolute Gasteiger partial charge is 0.272 e. The van der Waals surface area contributed by atoms with Gasteiger partial charge in [0.1, 0.15) is 5.75 Å². The van der Waals surface area contributed by atoms with Crippen LogP contribution in [0.15, 0.2) is 36.7 Å². The molecule has 160 valence electrons. The number of nitrogens with one attached hydrogen (secondary N) is 2. The first-order chi connectivity index (χ1) is 14.8. The second kappa shape index (κ2) is 7.10. The number of aromatic nitrogens is 3. The number of amides is 2. The molecule has 0 spiro atoms. The molecule has 0 aliphatic heterocycles. The van der Waals surface area contributed by atoms with Crippen molar-refractivity contribution in [1.29, 1.82) is 0 Å². The largest absolute Gasteiger partial charge is 0.484 e. The van der Waals surface area contributed by atoms with Crippen molar-refractivity contribution in [3.05, 3.63) is 58.1 Å². The molecule has 2 heterocycles. The number of ether oxygens (including phenoxy) is 1. The number of carbonyl (C=O) groups is 2. The summed E-state index contributed by atoms with van der Waals surface area (Å²) >= 11 is 11.8. The van der Waals surface area contributed by atoms with Crippen LogP contribution in [-0.2, 0) is 4.79 Å². The minimum absolute atomic E-state index is 0.119. The maximum absolute atomic E-state index is 12.8. The van der Waals surface area contributed by atoms with Crippen LogP contribution in [0.3, 0.4) is 0 Å². The molecule has 2 amide bonds. The van der Waals surface area contributed by atoms with Crippen molar-refractivity contribution in [2.45, 2.75) is 37.3 Å². The summed E-state index contributed by atoms with van der Waals surface area (Å²) in [6.45, 7) is 1.75. The van der Waals surface area contributed by atoms with E-state index in [2.05, 4.69) is 20.7 Å². The third kappa shape index (κ3) is 3.59. The number of hydrogen-bond acceptors (Lipinski definition) is 5. The van der Waals surface area contributed by atoms with Crippen LogP contribution in [0.1, 0.15) is 35.4 Å². The number of nitrogens with zero attached hydrogens (tertiary/aromatic N) is 3. The molecule has 3 fully saturated rings. The highest BCUT2D eigenvalue weighted by atomic mass is 35.5. The van der Waals surface area contributed by atoms with E-state index in [0.29, 0.717) is 46.3 Å². The van der Waals surface area contributed by atoms with Gasteiger partial charge in [-0.1, -0.05) is 23.2 Å². The van der Waals surface area contributed by atoms with E-state index in [1.165, 1.54) is 0 Å². The Morgan fingerprint density at radius 2 is 1.87 bits per heavy atom. The summed E-state index contributed by atoms with van der Waals surface area (Å²) in [4.78, 5) is 29.3. The van der Waals surface area contributed by atoms with Crippen LogP contribution in [0.2, 0.25) is 10.0 Å². The van der Waals surface area contributed by atoms with Crippen molar-refractivity contribution >= 4 is 40.5 Å². The number of halogens is 2. The van der Waals surface area contributed by atoms with Gasteiger partial charge in [0.2, 0.25) is 0 Å². The second-order valence-corrected chi connectivity index (χ2v) is 9.16. The Kier molecular flexibility index (Phi) is 4.60. The SMILES string of the molecule is Cc1cc2c(C(=O)NC34CC(NC(=O)COc5ccc(Cl)c(Cl)c5)(C3)C4)nccn2n1. The highest BCUT2D eigenvalue weighted by Crippen LogP contribution is 2.60. The third-order valence-corrected chi connectivity index (χ3v) is 6.54. The van der Waals surface area contributed by atoms with Gasteiger partial charge in [0, 0.05) is 29.5 Å². The number of aryl methyl sites for hydroxylation is 1. The lowest BCUT2D eigenvalue weighted by Crippen LogP contribution is -2.84. The minimum atomic E-state index is -0.293.